The zero-order chi connectivity index (χ0) is 17.9. The van der Waals surface area contributed by atoms with E-state index in [2.05, 4.69) is 96.1 Å². The van der Waals surface area contributed by atoms with Crippen LogP contribution in [0.25, 0.3) is 10.8 Å². The van der Waals surface area contributed by atoms with Gasteiger partial charge in [-0.1, -0.05) is 39.2 Å². The first-order chi connectivity index (χ1) is 11.2. The van der Waals surface area contributed by atoms with Gasteiger partial charge in [-0.25, -0.2) is 5.57 Å². The Hall–Kier alpha value is -0.847. The minimum absolute atomic E-state index is 0. The summed E-state index contributed by atoms with van der Waals surface area (Å²) in [5.74, 6) is 0. The summed E-state index contributed by atoms with van der Waals surface area (Å²) in [6.07, 6.45) is 4.58. The maximum Gasteiger partial charge on any atom is 2.00 e. The Bertz CT molecular complexity index is 726. The minimum atomic E-state index is 0. The fourth-order valence-corrected chi connectivity index (χ4v) is 3.12. The molecule has 1 nitrogen and oxygen atoms in total. The van der Waals surface area contributed by atoms with Crippen LogP contribution in [0.15, 0.2) is 53.1 Å². The second-order valence-electron chi connectivity index (χ2n) is 7.67. The summed E-state index contributed by atoms with van der Waals surface area (Å²) in [6.45, 7) is 12.0. The van der Waals surface area contributed by atoms with Gasteiger partial charge in [0.1, 0.15) is 0 Å². The van der Waals surface area contributed by atoms with Crippen LogP contribution >= 0.6 is 0 Å². The molecule has 0 unspecified atom stereocenters. The molecular formula is C23H31NZr. The number of benzene rings is 1. The number of hydrogen-bond donors (Lipinski definition) is 0. The van der Waals surface area contributed by atoms with Crippen molar-refractivity contribution >= 4 is 10.8 Å². The van der Waals surface area contributed by atoms with E-state index in [-0.39, 0.29) is 31.6 Å². The first-order valence-corrected chi connectivity index (χ1v) is 8.80. The van der Waals surface area contributed by atoms with Crippen molar-refractivity contribution in [2.75, 3.05) is 20.6 Å². The summed E-state index contributed by atoms with van der Waals surface area (Å²) in [5, 5.41) is 2.72. The van der Waals surface area contributed by atoms with Crippen LogP contribution < -0.4 is 0 Å². The van der Waals surface area contributed by atoms with E-state index in [0.29, 0.717) is 0 Å². The first kappa shape index (κ1) is 22.2. The Balaban J connectivity index is 0.000000254. The number of fused-ring (bicyclic) bond motifs is 1. The monoisotopic (exact) mass is 411 g/mol. The number of likely N-dealkylation sites (N-methyl/N-ethyl adjacent to an activating group) is 1. The van der Waals surface area contributed by atoms with Crippen LogP contribution in [0, 0.1) is 11.5 Å². The predicted molar refractivity (Wildman–Crippen MR) is 106 cm³/mol. The van der Waals surface area contributed by atoms with Crippen molar-refractivity contribution in [3.05, 3.63) is 64.8 Å². The molecule has 0 aromatic heterocycles. The van der Waals surface area contributed by atoms with Gasteiger partial charge in [0.2, 0.25) is 0 Å². The summed E-state index contributed by atoms with van der Waals surface area (Å²) >= 11 is 0. The largest absolute Gasteiger partial charge is 2.00 e. The fourth-order valence-electron chi connectivity index (χ4n) is 3.12. The molecule has 132 valence electrons. The van der Waals surface area contributed by atoms with Crippen LogP contribution in [0.4, 0.5) is 0 Å². The van der Waals surface area contributed by atoms with Crippen molar-refractivity contribution in [3.63, 3.8) is 0 Å². The van der Waals surface area contributed by atoms with Gasteiger partial charge in [0.15, 0.2) is 0 Å². The van der Waals surface area contributed by atoms with Gasteiger partial charge in [0.25, 0.3) is 0 Å². The fraction of sp³-hybridized carbons (Fsp3) is 0.435. The third-order valence-electron chi connectivity index (χ3n) is 5.09. The molecule has 0 saturated heterocycles. The van der Waals surface area contributed by atoms with Gasteiger partial charge < -0.3 is 4.90 Å². The van der Waals surface area contributed by atoms with Gasteiger partial charge in [-0.3, -0.25) is 6.08 Å². The van der Waals surface area contributed by atoms with Crippen LogP contribution in [0.5, 0.6) is 0 Å². The normalized spacial score (nSPS) is 15.8. The molecule has 0 saturated carbocycles. The molecule has 0 amide bonds. The third kappa shape index (κ3) is 5.83. The second kappa shape index (κ2) is 9.19. The van der Waals surface area contributed by atoms with E-state index < -0.39 is 0 Å². The molecule has 2 aromatic carbocycles. The molecule has 0 heterocycles. The molecule has 0 N–H and O–H groups in total. The zero-order valence-corrected chi connectivity index (χ0v) is 19.3. The van der Waals surface area contributed by atoms with Gasteiger partial charge in [-0.05, 0) is 20.5 Å². The summed E-state index contributed by atoms with van der Waals surface area (Å²) in [4.78, 5) is 2.22. The first-order valence-electron chi connectivity index (χ1n) is 8.80. The Labute approximate surface area is 173 Å². The molecule has 25 heavy (non-hydrogen) atoms. The molecule has 2 aromatic rings. The van der Waals surface area contributed by atoms with Crippen LogP contribution in [0.2, 0.25) is 0 Å². The zero-order valence-electron chi connectivity index (χ0n) is 16.8. The topological polar surface area (TPSA) is 3.24 Å². The number of allylic oxidation sites excluding steroid dienone is 4. The standard InChI is InChI=1S/C13H16N.C10H15.Zr/c1-14(2)8-7-11-9-12-5-3-4-6-13(12)10-11;1-7-6-10(4,5)9(3)8(7)2;/h3-6,9-10H,7-8H2,1-2H3;1-5H3;/q2*-1;+2. The minimum Gasteiger partial charge on any atom is -0.309 e. The van der Waals surface area contributed by atoms with Crippen molar-refractivity contribution in [2.24, 2.45) is 5.41 Å². The third-order valence-corrected chi connectivity index (χ3v) is 5.09. The van der Waals surface area contributed by atoms with Crippen LogP contribution in [-0.2, 0) is 32.6 Å². The predicted octanol–water partition coefficient (Wildman–Crippen LogP) is 5.77. The van der Waals surface area contributed by atoms with Crippen molar-refractivity contribution in [2.45, 2.75) is 41.0 Å². The number of hydrogen-bond acceptors (Lipinski definition) is 1. The maximum absolute atomic E-state index is 3.44. The Morgan fingerprint density at radius 1 is 1.08 bits per heavy atom. The van der Waals surface area contributed by atoms with E-state index >= 15 is 0 Å². The maximum atomic E-state index is 3.44. The molecule has 1 aliphatic carbocycles. The number of rotatable bonds is 3. The smallest absolute Gasteiger partial charge is 0.309 e. The summed E-state index contributed by atoms with van der Waals surface area (Å²) in [7, 11) is 4.23. The molecule has 0 aliphatic heterocycles. The molecule has 0 spiro atoms. The molecule has 3 rings (SSSR count). The second-order valence-corrected chi connectivity index (χ2v) is 7.67. The average Bonchev–Trinajstić information content (AvgIpc) is 3.01. The van der Waals surface area contributed by atoms with Crippen LogP contribution in [-0.4, -0.2) is 25.5 Å². The van der Waals surface area contributed by atoms with E-state index in [1.807, 2.05) is 0 Å². The van der Waals surface area contributed by atoms with E-state index in [1.165, 1.54) is 33.1 Å². The van der Waals surface area contributed by atoms with Gasteiger partial charge in [0, 0.05) is 6.54 Å². The van der Waals surface area contributed by atoms with Gasteiger partial charge in [0.05, 0.1) is 0 Å². The summed E-state index contributed by atoms with van der Waals surface area (Å²) in [6, 6.07) is 13.1. The van der Waals surface area contributed by atoms with Crippen molar-refractivity contribution in [1.82, 2.24) is 4.90 Å². The van der Waals surface area contributed by atoms with Crippen molar-refractivity contribution < 1.29 is 26.2 Å². The molecular weight excluding hydrogens is 381 g/mol. The van der Waals surface area contributed by atoms with Crippen LogP contribution in [0.3, 0.4) is 0 Å². The van der Waals surface area contributed by atoms with Crippen molar-refractivity contribution in [1.29, 1.82) is 0 Å². The molecule has 0 atom stereocenters. The summed E-state index contributed by atoms with van der Waals surface area (Å²) < 4.78 is 0. The average molecular weight is 413 g/mol. The quantitative estimate of drug-likeness (QED) is 0.578. The van der Waals surface area contributed by atoms with E-state index in [0.717, 1.165) is 13.0 Å². The Morgan fingerprint density at radius 3 is 2.16 bits per heavy atom. The van der Waals surface area contributed by atoms with Crippen molar-refractivity contribution in [3.8, 4) is 0 Å². The molecule has 2 heteroatoms. The van der Waals surface area contributed by atoms with Gasteiger partial charge >= 0.3 is 26.2 Å². The summed E-state index contributed by atoms with van der Waals surface area (Å²) in [5.41, 5.74) is 5.84. The van der Waals surface area contributed by atoms with Gasteiger partial charge in [-0.15, -0.1) is 47.5 Å². The molecule has 0 bridgehead atoms. The Morgan fingerprint density at radius 2 is 1.72 bits per heavy atom. The van der Waals surface area contributed by atoms with Crippen LogP contribution in [0.1, 0.15) is 40.2 Å². The SMILES string of the molecule is CC1=[C-]C(C)(C)C(C)=C1C.CN(C)CCc1cc2ccccc2[cH-]1.[Zr+2]. The van der Waals surface area contributed by atoms with E-state index in [4.69, 9.17) is 0 Å². The number of nitrogens with zero attached hydrogens (tertiary/aromatic N) is 1. The van der Waals surface area contributed by atoms with E-state index in [1.54, 1.807) is 0 Å². The molecule has 0 radical (unpaired) electrons. The Kier molecular flexibility index (Phi) is 8.16. The molecule has 0 fully saturated rings. The molecule has 1 aliphatic rings. The van der Waals surface area contributed by atoms with E-state index in [9.17, 15) is 0 Å². The van der Waals surface area contributed by atoms with Gasteiger partial charge in [-0.2, -0.15) is 17.2 Å².